The van der Waals surface area contributed by atoms with Gasteiger partial charge in [-0.25, -0.2) is 0 Å². The maximum atomic E-state index is 12.5. The predicted molar refractivity (Wildman–Crippen MR) is 53.8 cm³/mol. The van der Waals surface area contributed by atoms with Crippen molar-refractivity contribution in [3.8, 4) is 0 Å². The summed E-state index contributed by atoms with van der Waals surface area (Å²) < 4.78 is 43.0. The van der Waals surface area contributed by atoms with E-state index in [0.29, 0.717) is 0 Å². The molecule has 18 heavy (non-hydrogen) atoms. The largest absolute Gasteiger partial charge is 0.417 e. The first-order valence-electron chi connectivity index (χ1n) is 4.93. The Kier molecular flexibility index (Phi) is 2.93. The lowest BCUT2D eigenvalue weighted by Crippen LogP contribution is -2.22. The smallest absolute Gasteiger partial charge is 0.340 e. The number of nitrogens with zero attached hydrogens (tertiary/aromatic N) is 3. The molecule has 0 aliphatic rings. The zero-order valence-corrected chi connectivity index (χ0v) is 9.23. The van der Waals surface area contributed by atoms with Crippen LogP contribution in [-0.2, 0) is 12.7 Å². The highest BCUT2D eigenvalue weighted by Gasteiger charge is 2.31. The van der Waals surface area contributed by atoms with Gasteiger partial charge in [0, 0.05) is 19.2 Å². The molecule has 2 rings (SSSR count). The predicted octanol–water partition coefficient (Wildman–Crippen LogP) is 1.61. The second-order valence-corrected chi connectivity index (χ2v) is 3.61. The van der Waals surface area contributed by atoms with Crippen LogP contribution in [-0.4, -0.2) is 14.7 Å². The molecule has 2 aromatic rings. The minimum atomic E-state index is -4.50. The highest BCUT2D eigenvalue weighted by atomic mass is 19.4. The van der Waals surface area contributed by atoms with E-state index < -0.39 is 17.3 Å². The molecule has 0 aliphatic heterocycles. The molecule has 0 amide bonds. The van der Waals surface area contributed by atoms with Crippen molar-refractivity contribution in [1.29, 1.82) is 0 Å². The lowest BCUT2D eigenvalue weighted by molar-refractivity contribution is -0.138. The number of halogens is 3. The van der Waals surface area contributed by atoms with Gasteiger partial charge in [0.1, 0.15) is 0 Å². The number of alkyl halides is 3. The van der Waals surface area contributed by atoms with Gasteiger partial charge in [-0.3, -0.25) is 4.79 Å². The molecule has 0 N–H and O–H groups in total. The molecule has 0 aromatic carbocycles. The molecular formula is C10H8F3N3O2. The Labute approximate surface area is 98.9 Å². The Morgan fingerprint density at radius 1 is 1.39 bits per heavy atom. The fourth-order valence-electron chi connectivity index (χ4n) is 1.38. The minimum Gasteiger partial charge on any atom is -0.340 e. The zero-order valence-electron chi connectivity index (χ0n) is 9.23. The molecule has 0 radical (unpaired) electrons. The Morgan fingerprint density at radius 3 is 2.67 bits per heavy atom. The van der Waals surface area contributed by atoms with E-state index in [-0.39, 0.29) is 18.3 Å². The molecule has 0 saturated heterocycles. The highest BCUT2D eigenvalue weighted by Crippen LogP contribution is 2.28. The SMILES string of the molecule is Cc1nc(Cn2cc(C(F)(F)F)ccc2=O)no1. The van der Waals surface area contributed by atoms with Crippen molar-refractivity contribution >= 4 is 0 Å². The van der Waals surface area contributed by atoms with Gasteiger partial charge >= 0.3 is 6.18 Å². The Bertz CT molecular complexity index is 615. The summed E-state index contributed by atoms with van der Waals surface area (Å²) >= 11 is 0. The molecule has 0 fully saturated rings. The third-order valence-electron chi connectivity index (χ3n) is 2.19. The van der Waals surface area contributed by atoms with Crippen LogP contribution in [0.1, 0.15) is 17.3 Å². The van der Waals surface area contributed by atoms with Crippen LogP contribution in [0.4, 0.5) is 13.2 Å². The summed E-state index contributed by atoms with van der Waals surface area (Å²) in [5.41, 5.74) is -1.47. The van der Waals surface area contributed by atoms with Crippen LogP contribution in [0.2, 0.25) is 0 Å². The van der Waals surface area contributed by atoms with E-state index in [1.807, 2.05) is 0 Å². The van der Waals surface area contributed by atoms with Gasteiger partial charge < -0.3 is 9.09 Å². The Hall–Kier alpha value is -2.12. The van der Waals surface area contributed by atoms with E-state index in [0.717, 1.165) is 22.9 Å². The van der Waals surface area contributed by atoms with Crippen molar-refractivity contribution < 1.29 is 17.7 Å². The first-order chi connectivity index (χ1) is 8.36. The number of hydrogen-bond acceptors (Lipinski definition) is 4. The van der Waals surface area contributed by atoms with Crippen molar-refractivity contribution in [2.45, 2.75) is 19.6 Å². The molecular weight excluding hydrogens is 251 g/mol. The van der Waals surface area contributed by atoms with E-state index in [9.17, 15) is 18.0 Å². The lowest BCUT2D eigenvalue weighted by Gasteiger charge is -2.08. The number of hydrogen-bond donors (Lipinski definition) is 0. The molecule has 0 saturated carbocycles. The molecule has 8 heteroatoms. The third kappa shape index (κ3) is 2.58. The molecule has 2 heterocycles. The first kappa shape index (κ1) is 12.3. The van der Waals surface area contributed by atoms with Crippen molar-refractivity contribution in [2.24, 2.45) is 0 Å². The standard InChI is InChI=1S/C10H8F3N3O2/c1-6-14-8(15-18-6)5-16-4-7(10(11,12)13)2-3-9(16)17/h2-4H,5H2,1H3. The summed E-state index contributed by atoms with van der Waals surface area (Å²) in [6.07, 6.45) is -3.77. The van der Waals surface area contributed by atoms with Gasteiger partial charge in [0.15, 0.2) is 5.82 Å². The maximum absolute atomic E-state index is 12.5. The summed E-state index contributed by atoms with van der Waals surface area (Å²) in [6.45, 7) is 1.38. The highest BCUT2D eigenvalue weighted by molar-refractivity contribution is 5.14. The average Bonchev–Trinajstić information content (AvgIpc) is 2.66. The van der Waals surface area contributed by atoms with Gasteiger partial charge in [0.25, 0.3) is 5.56 Å². The van der Waals surface area contributed by atoms with Crippen LogP contribution in [0, 0.1) is 6.92 Å². The van der Waals surface area contributed by atoms with Gasteiger partial charge in [-0.05, 0) is 6.07 Å². The Morgan fingerprint density at radius 2 is 2.11 bits per heavy atom. The fraction of sp³-hybridized carbons (Fsp3) is 0.300. The first-order valence-corrected chi connectivity index (χ1v) is 4.93. The summed E-state index contributed by atoms with van der Waals surface area (Å²) in [7, 11) is 0. The van der Waals surface area contributed by atoms with Crippen molar-refractivity contribution in [3.05, 3.63) is 46.0 Å². The van der Waals surface area contributed by atoms with E-state index >= 15 is 0 Å². The summed E-state index contributed by atoms with van der Waals surface area (Å²) in [4.78, 5) is 15.2. The van der Waals surface area contributed by atoms with Crippen LogP contribution >= 0.6 is 0 Å². The normalized spacial score (nSPS) is 11.8. The van der Waals surface area contributed by atoms with E-state index in [4.69, 9.17) is 0 Å². The van der Waals surface area contributed by atoms with Crippen LogP contribution in [0.5, 0.6) is 0 Å². The number of pyridine rings is 1. The summed E-state index contributed by atoms with van der Waals surface area (Å²) in [5.74, 6) is 0.430. The second kappa shape index (κ2) is 4.28. The van der Waals surface area contributed by atoms with Gasteiger partial charge in [-0.1, -0.05) is 5.16 Å². The maximum Gasteiger partial charge on any atom is 0.417 e. The third-order valence-corrected chi connectivity index (χ3v) is 2.19. The molecule has 0 unspecified atom stereocenters. The fourth-order valence-corrected chi connectivity index (χ4v) is 1.38. The number of rotatable bonds is 2. The topological polar surface area (TPSA) is 60.9 Å². The number of aromatic nitrogens is 3. The van der Waals surface area contributed by atoms with Crippen molar-refractivity contribution in [1.82, 2.24) is 14.7 Å². The Balaban J connectivity index is 2.35. The molecule has 0 bridgehead atoms. The molecule has 0 atom stereocenters. The van der Waals surface area contributed by atoms with Gasteiger partial charge in [-0.15, -0.1) is 0 Å². The van der Waals surface area contributed by atoms with Crippen molar-refractivity contribution in [2.75, 3.05) is 0 Å². The van der Waals surface area contributed by atoms with E-state index in [1.165, 1.54) is 0 Å². The average molecular weight is 259 g/mol. The zero-order chi connectivity index (χ0) is 13.3. The summed E-state index contributed by atoms with van der Waals surface area (Å²) in [5, 5.41) is 3.52. The van der Waals surface area contributed by atoms with Crippen LogP contribution in [0.15, 0.2) is 27.6 Å². The lowest BCUT2D eigenvalue weighted by atomic mass is 10.3. The number of aryl methyl sites for hydroxylation is 1. The monoisotopic (exact) mass is 259 g/mol. The van der Waals surface area contributed by atoms with Gasteiger partial charge in [0.05, 0.1) is 12.1 Å². The molecule has 0 aliphatic carbocycles. The van der Waals surface area contributed by atoms with Crippen LogP contribution in [0.3, 0.4) is 0 Å². The quantitative estimate of drug-likeness (QED) is 0.822. The second-order valence-electron chi connectivity index (χ2n) is 3.61. The van der Waals surface area contributed by atoms with Gasteiger partial charge in [-0.2, -0.15) is 18.2 Å². The van der Waals surface area contributed by atoms with Gasteiger partial charge in [0.2, 0.25) is 5.89 Å². The molecule has 2 aromatic heterocycles. The minimum absolute atomic E-state index is 0.147. The van der Waals surface area contributed by atoms with Crippen LogP contribution in [0.25, 0.3) is 0 Å². The van der Waals surface area contributed by atoms with E-state index in [2.05, 4.69) is 14.7 Å². The summed E-state index contributed by atoms with van der Waals surface area (Å²) in [6, 6.07) is 1.59. The molecule has 0 spiro atoms. The molecule has 5 nitrogen and oxygen atoms in total. The van der Waals surface area contributed by atoms with Crippen molar-refractivity contribution in [3.63, 3.8) is 0 Å². The van der Waals surface area contributed by atoms with E-state index in [1.54, 1.807) is 6.92 Å². The van der Waals surface area contributed by atoms with Crippen LogP contribution < -0.4 is 5.56 Å². The molecule has 96 valence electrons.